The quantitative estimate of drug-likeness (QED) is 0.661. The summed E-state index contributed by atoms with van der Waals surface area (Å²) in [6, 6.07) is 11.6. The molecular weight excluding hydrogens is 428 g/mol. The van der Waals surface area contributed by atoms with E-state index in [2.05, 4.69) is 33.2 Å². The van der Waals surface area contributed by atoms with Crippen LogP contribution in [0.5, 0.6) is 11.5 Å². The smallest absolute Gasteiger partial charge is 0.264 e. The summed E-state index contributed by atoms with van der Waals surface area (Å²) >= 11 is 4.82. The molecule has 0 aromatic heterocycles. The molecule has 3 rings (SSSR count). The number of aliphatic imine (C=N–C) groups is 1. The van der Waals surface area contributed by atoms with Gasteiger partial charge in [0.05, 0.1) is 24.8 Å². The normalized spacial score (nSPS) is 16.7. The molecule has 2 aromatic carbocycles. The Morgan fingerprint density at radius 1 is 1.15 bits per heavy atom. The van der Waals surface area contributed by atoms with E-state index in [0.717, 1.165) is 22.1 Å². The summed E-state index contributed by atoms with van der Waals surface area (Å²) in [7, 11) is 3.16. The number of hydrogen-bond donors (Lipinski definition) is 1. The second-order valence-electron chi connectivity index (χ2n) is 5.73. The van der Waals surface area contributed by atoms with E-state index in [0.29, 0.717) is 21.6 Å². The van der Waals surface area contributed by atoms with Crippen LogP contribution in [0.3, 0.4) is 0 Å². The number of ether oxygens (including phenoxy) is 2. The van der Waals surface area contributed by atoms with Gasteiger partial charge in [-0.25, -0.2) is 4.99 Å². The van der Waals surface area contributed by atoms with E-state index in [4.69, 9.17) is 9.47 Å². The molecule has 1 fully saturated rings. The maximum Gasteiger partial charge on any atom is 0.264 e. The summed E-state index contributed by atoms with van der Waals surface area (Å²) in [5.74, 6) is 1.04. The van der Waals surface area contributed by atoms with Crippen LogP contribution >= 0.6 is 27.7 Å². The fourth-order valence-electron chi connectivity index (χ4n) is 2.53. The highest BCUT2D eigenvalue weighted by atomic mass is 79.9. The van der Waals surface area contributed by atoms with Gasteiger partial charge in [0.15, 0.2) is 16.7 Å². The topological polar surface area (TPSA) is 59.9 Å². The zero-order chi connectivity index (χ0) is 19.4. The van der Waals surface area contributed by atoms with Crippen molar-refractivity contribution in [3.05, 3.63) is 56.9 Å². The summed E-state index contributed by atoms with van der Waals surface area (Å²) in [4.78, 5) is 17.4. The Labute approximate surface area is 171 Å². The Kier molecular flexibility index (Phi) is 6.23. The van der Waals surface area contributed by atoms with E-state index in [-0.39, 0.29) is 5.91 Å². The SMILES string of the molecule is CCc1ccc(N=C2NC(=O)/C(=C/c3cc(OC)c(OC)cc3Br)S2)cc1. The van der Waals surface area contributed by atoms with Crippen molar-refractivity contribution in [1.29, 1.82) is 0 Å². The predicted octanol–water partition coefficient (Wildman–Crippen LogP) is 4.92. The van der Waals surface area contributed by atoms with E-state index in [1.807, 2.05) is 36.4 Å². The average molecular weight is 447 g/mol. The maximum absolute atomic E-state index is 12.3. The second kappa shape index (κ2) is 8.63. The van der Waals surface area contributed by atoms with E-state index < -0.39 is 0 Å². The molecule has 0 unspecified atom stereocenters. The Morgan fingerprint density at radius 2 is 1.81 bits per heavy atom. The molecule has 1 amide bonds. The van der Waals surface area contributed by atoms with Crippen molar-refractivity contribution in [1.82, 2.24) is 5.32 Å². The lowest BCUT2D eigenvalue weighted by molar-refractivity contribution is -0.115. The number of hydrogen-bond acceptors (Lipinski definition) is 5. The second-order valence-corrected chi connectivity index (χ2v) is 7.62. The van der Waals surface area contributed by atoms with Crippen molar-refractivity contribution in [3.8, 4) is 11.5 Å². The number of nitrogens with zero attached hydrogens (tertiary/aromatic N) is 1. The number of carbonyl (C=O) groups is 1. The molecule has 1 aliphatic heterocycles. The van der Waals surface area contributed by atoms with Gasteiger partial charge in [0, 0.05) is 4.47 Å². The number of amidine groups is 1. The first-order valence-corrected chi connectivity index (χ1v) is 9.95. The van der Waals surface area contributed by atoms with Gasteiger partial charge in [-0.15, -0.1) is 0 Å². The third-order valence-corrected chi connectivity index (χ3v) is 5.61. The maximum atomic E-state index is 12.3. The van der Waals surface area contributed by atoms with Crippen molar-refractivity contribution in [3.63, 3.8) is 0 Å². The van der Waals surface area contributed by atoms with Crippen LogP contribution < -0.4 is 14.8 Å². The van der Waals surface area contributed by atoms with Gasteiger partial charge in [-0.2, -0.15) is 0 Å². The number of thioether (sulfide) groups is 1. The summed E-state index contributed by atoms with van der Waals surface area (Å²) in [6.07, 6.45) is 2.78. The lowest BCUT2D eigenvalue weighted by Crippen LogP contribution is -2.19. The van der Waals surface area contributed by atoms with Crippen LogP contribution in [-0.4, -0.2) is 25.3 Å². The average Bonchev–Trinajstić information content (AvgIpc) is 3.02. The lowest BCUT2D eigenvalue weighted by atomic mass is 10.2. The van der Waals surface area contributed by atoms with Crippen molar-refractivity contribution >= 4 is 50.5 Å². The Balaban J connectivity index is 1.85. The fourth-order valence-corrected chi connectivity index (χ4v) is 3.80. The highest BCUT2D eigenvalue weighted by Crippen LogP contribution is 2.36. The number of aryl methyl sites for hydroxylation is 1. The van der Waals surface area contributed by atoms with Gasteiger partial charge < -0.3 is 14.8 Å². The first-order valence-electron chi connectivity index (χ1n) is 8.34. The molecule has 1 N–H and O–H groups in total. The van der Waals surface area contributed by atoms with Gasteiger partial charge in [0.1, 0.15) is 0 Å². The van der Waals surface area contributed by atoms with E-state index in [1.165, 1.54) is 17.3 Å². The fraction of sp³-hybridized carbons (Fsp3) is 0.200. The Hall–Kier alpha value is -2.25. The highest BCUT2D eigenvalue weighted by molar-refractivity contribution is 9.10. The zero-order valence-corrected chi connectivity index (χ0v) is 17.6. The zero-order valence-electron chi connectivity index (χ0n) is 15.2. The molecular formula is C20H19BrN2O3S. The molecule has 0 saturated carbocycles. The minimum absolute atomic E-state index is 0.175. The molecule has 7 heteroatoms. The molecule has 0 spiro atoms. The molecule has 1 aliphatic rings. The van der Waals surface area contributed by atoms with Crippen LogP contribution in [0, 0.1) is 0 Å². The molecule has 0 atom stereocenters. The minimum Gasteiger partial charge on any atom is -0.493 e. The number of rotatable bonds is 5. The summed E-state index contributed by atoms with van der Waals surface area (Å²) in [5, 5.41) is 3.37. The molecule has 140 valence electrons. The number of nitrogens with one attached hydrogen (secondary N) is 1. The third kappa shape index (κ3) is 4.54. The highest BCUT2D eigenvalue weighted by Gasteiger charge is 2.24. The number of halogens is 1. The largest absolute Gasteiger partial charge is 0.493 e. The van der Waals surface area contributed by atoms with Crippen LogP contribution in [-0.2, 0) is 11.2 Å². The van der Waals surface area contributed by atoms with Gasteiger partial charge in [-0.05, 0) is 59.7 Å². The monoisotopic (exact) mass is 446 g/mol. The van der Waals surface area contributed by atoms with Gasteiger partial charge in [0.2, 0.25) is 0 Å². The standard InChI is InChI=1S/C20H19BrN2O3S/c1-4-12-5-7-14(8-6-12)22-20-23-19(24)18(27-20)10-13-9-16(25-2)17(26-3)11-15(13)21/h5-11H,4H2,1-3H3,(H,22,23,24)/b18-10-. The van der Waals surface area contributed by atoms with Gasteiger partial charge in [-0.3, -0.25) is 4.79 Å². The molecule has 2 aromatic rings. The molecule has 1 saturated heterocycles. The van der Waals surface area contributed by atoms with Gasteiger partial charge >= 0.3 is 0 Å². The summed E-state index contributed by atoms with van der Waals surface area (Å²) < 4.78 is 11.4. The number of carbonyl (C=O) groups excluding carboxylic acids is 1. The Morgan fingerprint density at radius 3 is 2.44 bits per heavy atom. The van der Waals surface area contributed by atoms with Gasteiger partial charge in [0.25, 0.3) is 5.91 Å². The molecule has 0 bridgehead atoms. The number of amides is 1. The summed E-state index contributed by atoms with van der Waals surface area (Å²) in [6.45, 7) is 2.11. The van der Waals surface area contributed by atoms with Crippen molar-refractivity contribution in [2.24, 2.45) is 4.99 Å². The van der Waals surface area contributed by atoms with Crippen molar-refractivity contribution in [2.75, 3.05) is 14.2 Å². The van der Waals surface area contributed by atoms with Crippen LogP contribution in [0.1, 0.15) is 18.1 Å². The molecule has 1 heterocycles. The first-order chi connectivity index (χ1) is 13.0. The lowest BCUT2D eigenvalue weighted by Gasteiger charge is -2.10. The van der Waals surface area contributed by atoms with E-state index >= 15 is 0 Å². The third-order valence-electron chi connectivity index (χ3n) is 4.02. The van der Waals surface area contributed by atoms with E-state index in [1.54, 1.807) is 20.3 Å². The van der Waals surface area contributed by atoms with Crippen molar-refractivity contribution < 1.29 is 14.3 Å². The van der Waals surface area contributed by atoms with Gasteiger partial charge in [-0.1, -0.05) is 35.0 Å². The number of benzene rings is 2. The molecule has 5 nitrogen and oxygen atoms in total. The van der Waals surface area contributed by atoms with Crippen LogP contribution in [0.4, 0.5) is 5.69 Å². The van der Waals surface area contributed by atoms with E-state index in [9.17, 15) is 4.79 Å². The first kappa shape index (κ1) is 19.5. The molecule has 27 heavy (non-hydrogen) atoms. The molecule has 0 radical (unpaired) electrons. The molecule has 0 aliphatic carbocycles. The van der Waals surface area contributed by atoms with Crippen LogP contribution in [0.25, 0.3) is 6.08 Å². The minimum atomic E-state index is -0.175. The number of methoxy groups -OCH3 is 2. The summed E-state index contributed by atoms with van der Waals surface area (Å²) in [5.41, 5.74) is 2.88. The Bertz CT molecular complexity index is 924. The van der Waals surface area contributed by atoms with Crippen molar-refractivity contribution in [2.45, 2.75) is 13.3 Å². The predicted molar refractivity (Wildman–Crippen MR) is 114 cm³/mol. The van der Waals surface area contributed by atoms with Crippen LogP contribution in [0.2, 0.25) is 0 Å². The van der Waals surface area contributed by atoms with Crippen LogP contribution in [0.15, 0.2) is 50.8 Å².